The molecule has 3 N–H and O–H groups in total. The first-order valence-electron chi connectivity index (χ1n) is 7.73. The Hall–Kier alpha value is -2.57. The van der Waals surface area contributed by atoms with Gasteiger partial charge >= 0.3 is 5.97 Å². The number of ether oxygens (including phenoxy) is 1. The van der Waals surface area contributed by atoms with Gasteiger partial charge in [-0.05, 0) is 31.9 Å². The van der Waals surface area contributed by atoms with E-state index in [2.05, 4.69) is 10.5 Å². The fourth-order valence-electron chi connectivity index (χ4n) is 3.64. The number of nitrogens with one attached hydrogen (secondary N) is 1. The van der Waals surface area contributed by atoms with Crippen LogP contribution in [0.2, 0.25) is 0 Å². The molecular weight excluding hydrogens is 312 g/mol. The lowest BCUT2D eigenvalue weighted by Crippen LogP contribution is -2.52. The minimum atomic E-state index is -1.23. The molecule has 1 heterocycles. The Labute approximate surface area is 139 Å². The van der Waals surface area contributed by atoms with Crippen molar-refractivity contribution in [2.45, 2.75) is 39.2 Å². The Bertz CT molecular complexity index is 757. The van der Waals surface area contributed by atoms with E-state index >= 15 is 0 Å². The standard InChI is InChI=1S/C17H20N2O5/c1-15(2)16(3)6-7-17(15,24-14(16)23)13(22)19-18-9-10-4-5-11(20)8-12(10)21/h4-5,8-9,20-21H,6-7H2,1-3H3,(H,19,22). The Morgan fingerprint density at radius 2 is 2.00 bits per heavy atom. The predicted molar refractivity (Wildman–Crippen MR) is 85.5 cm³/mol. The lowest BCUT2D eigenvalue weighted by molar-refractivity contribution is -0.168. The Morgan fingerprint density at radius 3 is 2.54 bits per heavy atom. The van der Waals surface area contributed by atoms with Gasteiger partial charge in [0.25, 0.3) is 5.91 Å². The Kier molecular flexibility index (Phi) is 3.37. The number of rotatable bonds is 3. The average Bonchev–Trinajstić information content (AvgIpc) is 2.79. The van der Waals surface area contributed by atoms with Gasteiger partial charge in [0, 0.05) is 17.0 Å². The van der Waals surface area contributed by atoms with Crippen molar-refractivity contribution in [3.05, 3.63) is 23.8 Å². The van der Waals surface area contributed by atoms with Crippen molar-refractivity contribution in [1.82, 2.24) is 5.43 Å². The van der Waals surface area contributed by atoms with Crippen LogP contribution < -0.4 is 5.43 Å². The van der Waals surface area contributed by atoms with E-state index in [-0.39, 0.29) is 17.5 Å². The zero-order chi connectivity index (χ0) is 17.8. The van der Waals surface area contributed by atoms with E-state index in [4.69, 9.17) is 4.74 Å². The largest absolute Gasteiger partial charge is 0.508 e. The molecule has 1 amide bonds. The molecule has 2 atom stereocenters. The van der Waals surface area contributed by atoms with Gasteiger partial charge in [0.1, 0.15) is 11.5 Å². The van der Waals surface area contributed by atoms with E-state index in [1.54, 1.807) is 0 Å². The summed E-state index contributed by atoms with van der Waals surface area (Å²) in [5, 5.41) is 22.8. The molecule has 1 aliphatic carbocycles. The third-order valence-electron chi connectivity index (χ3n) is 5.83. The Balaban J connectivity index is 1.79. The molecule has 1 saturated carbocycles. The van der Waals surface area contributed by atoms with Crippen LogP contribution in [-0.4, -0.2) is 33.9 Å². The molecule has 0 aromatic heterocycles. The monoisotopic (exact) mass is 332 g/mol. The van der Waals surface area contributed by atoms with Crippen LogP contribution in [0, 0.1) is 10.8 Å². The van der Waals surface area contributed by atoms with Crippen LogP contribution in [-0.2, 0) is 14.3 Å². The number of hydrogen-bond donors (Lipinski definition) is 3. The van der Waals surface area contributed by atoms with Crippen molar-refractivity contribution < 1.29 is 24.5 Å². The van der Waals surface area contributed by atoms with Gasteiger partial charge in [0.05, 0.1) is 11.6 Å². The molecule has 0 radical (unpaired) electrons. The number of carbonyl (C=O) groups excluding carboxylic acids is 2. The predicted octanol–water partition coefficient (Wildman–Crippen LogP) is 1.67. The average molecular weight is 332 g/mol. The van der Waals surface area contributed by atoms with Crippen LogP contribution in [0.4, 0.5) is 0 Å². The molecule has 1 aromatic rings. The van der Waals surface area contributed by atoms with Crippen LogP contribution in [0.25, 0.3) is 0 Å². The van der Waals surface area contributed by atoms with Gasteiger partial charge in [-0.25, -0.2) is 5.43 Å². The van der Waals surface area contributed by atoms with Gasteiger partial charge in [-0.2, -0.15) is 5.10 Å². The zero-order valence-electron chi connectivity index (χ0n) is 13.8. The minimum absolute atomic E-state index is 0.0718. The van der Waals surface area contributed by atoms with Gasteiger partial charge in [-0.3, -0.25) is 9.59 Å². The SMILES string of the molecule is CC12CCC(C(=O)NN=Cc3ccc(O)cc3O)(OC1=O)C2(C)C. The number of phenols is 2. The quantitative estimate of drug-likeness (QED) is 0.443. The summed E-state index contributed by atoms with van der Waals surface area (Å²) in [6, 6.07) is 4.03. The number of carbonyl (C=O) groups is 2. The summed E-state index contributed by atoms with van der Waals surface area (Å²) in [6.07, 6.45) is 2.31. The summed E-state index contributed by atoms with van der Waals surface area (Å²) in [5.74, 6) is -1.06. The third-order valence-corrected chi connectivity index (χ3v) is 5.83. The summed E-state index contributed by atoms with van der Waals surface area (Å²) in [4.78, 5) is 24.8. The number of amides is 1. The van der Waals surface area contributed by atoms with Crippen molar-refractivity contribution >= 4 is 18.1 Å². The second kappa shape index (κ2) is 4.96. The lowest BCUT2D eigenvalue weighted by Gasteiger charge is -2.34. The number of esters is 1. The maximum absolute atomic E-state index is 12.7. The van der Waals surface area contributed by atoms with Crippen LogP contribution in [0.1, 0.15) is 39.2 Å². The zero-order valence-corrected chi connectivity index (χ0v) is 13.8. The molecule has 2 bridgehead atoms. The molecule has 1 saturated heterocycles. The van der Waals surface area contributed by atoms with Gasteiger partial charge in [0.2, 0.25) is 0 Å². The maximum Gasteiger partial charge on any atom is 0.313 e. The van der Waals surface area contributed by atoms with E-state index in [1.165, 1.54) is 24.4 Å². The molecule has 2 fully saturated rings. The van der Waals surface area contributed by atoms with Gasteiger partial charge in [0.15, 0.2) is 5.60 Å². The highest BCUT2D eigenvalue weighted by atomic mass is 16.6. The molecule has 3 rings (SSSR count). The molecular formula is C17H20N2O5. The third kappa shape index (κ3) is 1.93. The topological polar surface area (TPSA) is 108 Å². The number of hydrogen-bond acceptors (Lipinski definition) is 6. The Morgan fingerprint density at radius 1 is 1.29 bits per heavy atom. The molecule has 2 aliphatic rings. The van der Waals surface area contributed by atoms with Crippen molar-refractivity contribution in [1.29, 1.82) is 0 Å². The van der Waals surface area contributed by atoms with Crippen LogP contribution >= 0.6 is 0 Å². The second-order valence-electron chi connectivity index (χ2n) is 7.12. The first-order chi connectivity index (χ1) is 11.1. The number of benzene rings is 1. The van der Waals surface area contributed by atoms with Crippen LogP contribution in [0.15, 0.2) is 23.3 Å². The maximum atomic E-state index is 12.7. The molecule has 1 aliphatic heterocycles. The van der Waals surface area contributed by atoms with E-state index in [9.17, 15) is 19.8 Å². The number of phenolic OH excluding ortho intramolecular Hbond substituents is 2. The summed E-state index contributed by atoms with van der Waals surface area (Å²) < 4.78 is 5.46. The molecule has 0 spiro atoms. The van der Waals surface area contributed by atoms with Gasteiger partial charge in [-0.1, -0.05) is 13.8 Å². The van der Waals surface area contributed by atoms with Crippen molar-refractivity contribution in [2.24, 2.45) is 15.9 Å². The molecule has 128 valence electrons. The summed E-state index contributed by atoms with van der Waals surface area (Å²) in [5.41, 5.74) is 0.196. The summed E-state index contributed by atoms with van der Waals surface area (Å²) >= 11 is 0. The van der Waals surface area contributed by atoms with E-state index in [1.807, 2.05) is 20.8 Å². The van der Waals surface area contributed by atoms with E-state index in [0.29, 0.717) is 18.4 Å². The second-order valence-corrected chi connectivity index (χ2v) is 7.12. The van der Waals surface area contributed by atoms with Crippen molar-refractivity contribution in [3.8, 4) is 11.5 Å². The molecule has 7 nitrogen and oxygen atoms in total. The minimum Gasteiger partial charge on any atom is -0.508 e. The van der Waals surface area contributed by atoms with Gasteiger partial charge < -0.3 is 14.9 Å². The summed E-state index contributed by atoms with van der Waals surface area (Å²) in [7, 11) is 0. The first-order valence-corrected chi connectivity index (χ1v) is 7.73. The molecule has 1 aromatic carbocycles. The molecule has 2 unspecified atom stereocenters. The normalized spacial score (nSPS) is 30.5. The highest BCUT2D eigenvalue weighted by Crippen LogP contribution is 2.65. The summed E-state index contributed by atoms with van der Waals surface area (Å²) in [6.45, 7) is 5.55. The van der Waals surface area contributed by atoms with Crippen LogP contribution in [0.5, 0.6) is 11.5 Å². The number of hydrazone groups is 1. The van der Waals surface area contributed by atoms with Crippen molar-refractivity contribution in [2.75, 3.05) is 0 Å². The lowest BCUT2D eigenvalue weighted by atomic mass is 9.66. The number of nitrogens with zero attached hydrogens (tertiary/aromatic N) is 1. The number of fused-ring (bicyclic) bond motifs is 2. The van der Waals surface area contributed by atoms with Crippen molar-refractivity contribution in [3.63, 3.8) is 0 Å². The fraction of sp³-hybridized carbons (Fsp3) is 0.471. The van der Waals surface area contributed by atoms with E-state index < -0.39 is 22.3 Å². The van der Waals surface area contributed by atoms with Gasteiger partial charge in [-0.15, -0.1) is 0 Å². The highest BCUT2D eigenvalue weighted by molar-refractivity contribution is 5.96. The molecule has 7 heteroatoms. The smallest absolute Gasteiger partial charge is 0.313 e. The first kappa shape index (κ1) is 16.3. The number of aromatic hydroxyl groups is 2. The highest BCUT2D eigenvalue weighted by Gasteiger charge is 2.75. The fourth-order valence-corrected chi connectivity index (χ4v) is 3.64. The van der Waals surface area contributed by atoms with E-state index in [0.717, 1.165) is 0 Å². The van der Waals surface area contributed by atoms with Crippen LogP contribution in [0.3, 0.4) is 0 Å². The molecule has 24 heavy (non-hydrogen) atoms.